The standard InChI is InChI=1S/C24H24N2O3/c1-14(2)29-20-12-11-15-5-3-4-6-18(15)19(20)13-25-26-23(27)21-16-7-8-17(10-9-16)22(21)24(26)28/h3-8,11-14,16-17,21-22H,9-10H2,1-2H3/b25-13-/t16-,17-,21+,22+/m1/s1. The highest BCUT2D eigenvalue weighted by Gasteiger charge is 2.56. The molecule has 2 aromatic carbocycles. The van der Waals surface area contributed by atoms with Gasteiger partial charge in [0.05, 0.1) is 24.2 Å². The van der Waals surface area contributed by atoms with Crippen LogP contribution in [0.4, 0.5) is 0 Å². The lowest BCUT2D eigenvalue weighted by Gasteiger charge is -2.37. The molecule has 0 aromatic heterocycles. The fourth-order valence-electron chi connectivity index (χ4n) is 5.05. The van der Waals surface area contributed by atoms with Gasteiger partial charge in [-0.1, -0.05) is 42.5 Å². The number of hydrogen-bond acceptors (Lipinski definition) is 4. The highest BCUT2D eigenvalue weighted by atomic mass is 16.5. The second-order valence-corrected chi connectivity index (χ2v) is 8.44. The fourth-order valence-corrected chi connectivity index (χ4v) is 5.05. The molecule has 1 saturated heterocycles. The third-order valence-corrected chi connectivity index (χ3v) is 6.33. The van der Waals surface area contributed by atoms with Crippen LogP contribution in [0.2, 0.25) is 0 Å². The van der Waals surface area contributed by atoms with Crippen LogP contribution in [0.25, 0.3) is 10.8 Å². The van der Waals surface area contributed by atoms with Crippen LogP contribution in [0.15, 0.2) is 53.7 Å². The van der Waals surface area contributed by atoms with Crippen molar-refractivity contribution in [3.63, 3.8) is 0 Å². The molecule has 2 aromatic rings. The molecule has 5 heteroatoms. The first-order valence-corrected chi connectivity index (χ1v) is 10.3. The summed E-state index contributed by atoms with van der Waals surface area (Å²) in [6, 6.07) is 11.9. The van der Waals surface area contributed by atoms with E-state index < -0.39 is 0 Å². The van der Waals surface area contributed by atoms with Gasteiger partial charge in [0.15, 0.2) is 0 Å². The molecule has 148 valence electrons. The molecule has 0 N–H and O–H groups in total. The zero-order chi connectivity index (χ0) is 20.1. The molecule has 2 amide bonds. The van der Waals surface area contributed by atoms with Crippen LogP contribution >= 0.6 is 0 Å². The molecule has 0 radical (unpaired) electrons. The number of nitrogens with zero attached hydrogens (tertiary/aromatic N) is 2. The second-order valence-electron chi connectivity index (χ2n) is 8.44. The predicted octanol–water partition coefficient (Wildman–Crippen LogP) is 4.16. The summed E-state index contributed by atoms with van der Waals surface area (Å²) in [5, 5.41) is 7.54. The van der Waals surface area contributed by atoms with Crippen molar-refractivity contribution in [1.82, 2.24) is 5.01 Å². The summed E-state index contributed by atoms with van der Waals surface area (Å²) >= 11 is 0. The van der Waals surface area contributed by atoms with Gasteiger partial charge in [-0.2, -0.15) is 10.1 Å². The molecule has 4 aliphatic rings. The minimum absolute atomic E-state index is 0.00271. The molecular formula is C24H24N2O3. The number of amides is 2. The predicted molar refractivity (Wildman–Crippen MR) is 111 cm³/mol. The van der Waals surface area contributed by atoms with Gasteiger partial charge in [-0.25, -0.2) is 0 Å². The van der Waals surface area contributed by atoms with E-state index >= 15 is 0 Å². The highest BCUT2D eigenvalue weighted by Crippen LogP contribution is 2.49. The fraction of sp³-hybridized carbons (Fsp3) is 0.375. The van der Waals surface area contributed by atoms with E-state index in [-0.39, 0.29) is 41.6 Å². The Morgan fingerprint density at radius 3 is 2.28 bits per heavy atom. The molecule has 6 rings (SSSR count). The van der Waals surface area contributed by atoms with Crippen LogP contribution in [0.3, 0.4) is 0 Å². The number of ether oxygens (including phenoxy) is 1. The molecule has 5 nitrogen and oxygen atoms in total. The number of carbonyl (C=O) groups excluding carboxylic acids is 2. The van der Waals surface area contributed by atoms with Gasteiger partial charge in [-0.3, -0.25) is 9.59 Å². The highest BCUT2D eigenvalue weighted by molar-refractivity contribution is 6.08. The molecule has 1 saturated carbocycles. The Balaban J connectivity index is 1.53. The van der Waals surface area contributed by atoms with Crippen LogP contribution in [0, 0.1) is 23.7 Å². The third-order valence-electron chi connectivity index (χ3n) is 6.33. The average Bonchev–Trinajstić information content (AvgIpc) is 3.00. The summed E-state index contributed by atoms with van der Waals surface area (Å²) in [7, 11) is 0. The molecule has 1 aliphatic heterocycles. The van der Waals surface area contributed by atoms with Crippen molar-refractivity contribution < 1.29 is 14.3 Å². The summed E-state index contributed by atoms with van der Waals surface area (Å²) in [5.74, 6) is 0.201. The molecule has 0 unspecified atom stereocenters. The van der Waals surface area contributed by atoms with Crippen LogP contribution < -0.4 is 4.74 Å². The number of imide groups is 1. The summed E-state index contributed by atoms with van der Waals surface area (Å²) in [6.45, 7) is 3.94. The summed E-state index contributed by atoms with van der Waals surface area (Å²) in [4.78, 5) is 26.0. The third kappa shape index (κ3) is 2.87. The Hall–Kier alpha value is -2.95. The molecule has 2 fully saturated rings. The number of fused-ring (bicyclic) bond motifs is 2. The minimum atomic E-state index is -0.248. The van der Waals surface area contributed by atoms with E-state index in [1.54, 1.807) is 6.21 Å². The summed E-state index contributed by atoms with van der Waals surface area (Å²) in [5.41, 5.74) is 0.786. The maximum absolute atomic E-state index is 13.0. The Kier molecular flexibility index (Phi) is 4.26. The smallest absolute Gasteiger partial charge is 0.254 e. The maximum atomic E-state index is 13.0. The van der Waals surface area contributed by atoms with Crippen molar-refractivity contribution in [2.75, 3.05) is 0 Å². The van der Waals surface area contributed by atoms with Gasteiger partial charge in [-0.15, -0.1) is 0 Å². The van der Waals surface area contributed by atoms with Crippen molar-refractivity contribution in [1.29, 1.82) is 0 Å². The summed E-state index contributed by atoms with van der Waals surface area (Å²) in [6.07, 6.45) is 7.81. The van der Waals surface area contributed by atoms with Gasteiger partial charge in [0.2, 0.25) is 0 Å². The average molecular weight is 388 g/mol. The van der Waals surface area contributed by atoms with Gasteiger partial charge >= 0.3 is 0 Å². The Morgan fingerprint density at radius 2 is 1.66 bits per heavy atom. The second kappa shape index (κ2) is 6.83. The molecule has 1 heterocycles. The largest absolute Gasteiger partial charge is 0.490 e. The van der Waals surface area contributed by atoms with Gasteiger partial charge in [-0.05, 0) is 55.4 Å². The molecule has 3 aliphatic carbocycles. The van der Waals surface area contributed by atoms with Gasteiger partial charge in [0.1, 0.15) is 5.75 Å². The number of rotatable bonds is 4. The first kappa shape index (κ1) is 18.1. The van der Waals surface area contributed by atoms with E-state index in [1.165, 1.54) is 0 Å². The van der Waals surface area contributed by atoms with Gasteiger partial charge < -0.3 is 4.74 Å². The normalized spacial score (nSPS) is 28.2. The quantitative estimate of drug-likeness (QED) is 0.449. The van der Waals surface area contributed by atoms with Crippen LogP contribution in [-0.2, 0) is 9.59 Å². The minimum Gasteiger partial charge on any atom is -0.490 e. The number of allylic oxidation sites excluding steroid dienone is 2. The Labute approximate surface area is 170 Å². The van der Waals surface area contributed by atoms with E-state index in [1.807, 2.05) is 50.2 Å². The maximum Gasteiger partial charge on any atom is 0.254 e. The zero-order valence-electron chi connectivity index (χ0n) is 16.6. The molecule has 2 bridgehead atoms. The van der Waals surface area contributed by atoms with E-state index in [0.717, 1.165) is 34.2 Å². The zero-order valence-corrected chi connectivity index (χ0v) is 16.6. The molecular weight excluding hydrogens is 364 g/mol. The monoisotopic (exact) mass is 388 g/mol. The van der Waals surface area contributed by atoms with Crippen molar-refractivity contribution in [2.45, 2.75) is 32.8 Å². The summed E-state index contributed by atoms with van der Waals surface area (Å²) < 4.78 is 5.97. The van der Waals surface area contributed by atoms with Crippen molar-refractivity contribution in [2.24, 2.45) is 28.8 Å². The van der Waals surface area contributed by atoms with E-state index in [9.17, 15) is 9.59 Å². The first-order valence-electron chi connectivity index (χ1n) is 10.3. The van der Waals surface area contributed by atoms with Crippen LogP contribution in [0.1, 0.15) is 32.3 Å². The van der Waals surface area contributed by atoms with Crippen LogP contribution in [0.5, 0.6) is 5.75 Å². The lowest BCUT2D eigenvalue weighted by atomic mass is 9.63. The first-order chi connectivity index (χ1) is 14.0. The van der Waals surface area contributed by atoms with Crippen LogP contribution in [-0.4, -0.2) is 29.1 Å². The van der Waals surface area contributed by atoms with Crippen molar-refractivity contribution in [3.05, 3.63) is 54.1 Å². The lowest BCUT2D eigenvalue weighted by Crippen LogP contribution is -2.38. The van der Waals surface area contributed by atoms with Gasteiger partial charge in [0, 0.05) is 5.56 Å². The number of benzene rings is 2. The Bertz CT molecular complexity index is 1020. The number of hydrogen-bond donors (Lipinski definition) is 0. The van der Waals surface area contributed by atoms with E-state index in [2.05, 4.69) is 17.3 Å². The topological polar surface area (TPSA) is 59.0 Å². The van der Waals surface area contributed by atoms with E-state index in [4.69, 9.17) is 4.74 Å². The number of hydrazone groups is 1. The van der Waals surface area contributed by atoms with Crippen molar-refractivity contribution >= 4 is 28.8 Å². The molecule has 29 heavy (non-hydrogen) atoms. The van der Waals surface area contributed by atoms with E-state index in [0.29, 0.717) is 5.75 Å². The lowest BCUT2D eigenvalue weighted by molar-refractivity contribution is -0.140. The molecule has 4 atom stereocenters. The number of carbonyl (C=O) groups is 2. The van der Waals surface area contributed by atoms with Crippen molar-refractivity contribution in [3.8, 4) is 5.75 Å². The SMILES string of the molecule is CC(C)Oc1ccc2ccccc2c1/C=N\N1C(=O)[C@@H]2[C@@H](C1=O)[C@@H]1C=C[C@@H]2CC1. The Morgan fingerprint density at radius 1 is 1.00 bits per heavy atom. The van der Waals surface area contributed by atoms with Gasteiger partial charge in [0.25, 0.3) is 11.8 Å². The molecule has 0 spiro atoms.